The summed E-state index contributed by atoms with van der Waals surface area (Å²) in [5, 5.41) is 0. The predicted octanol–water partition coefficient (Wildman–Crippen LogP) is 0.927. The van der Waals surface area contributed by atoms with Gasteiger partial charge in [0.1, 0.15) is 0 Å². The first-order valence-corrected chi connectivity index (χ1v) is 4.11. The highest BCUT2D eigenvalue weighted by Crippen LogP contribution is 1.91. The van der Waals surface area contributed by atoms with Crippen LogP contribution in [0.25, 0.3) is 0 Å². The minimum Gasteiger partial charge on any atom is -0.330 e. The Bertz CT molecular complexity index is 309. The molecule has 0 amide bonds. The van der Waals surface area contributed by atoms with Gasteiger partial charge in [-0.1, -0.05) is 0 Å². The molecule has 0 aliphatic carbocycles. The topological polar surface area (TPSA) is 48.0 Å². The molecular formula is C9H15ClN2O. The van der Waals surface area contributed by atoms with E-state index in [0.717, 1.165) is 18.5 Å². The minimum absolute atomic E-state index is 0. The van der Waals surface area contributed by atoms with Crippen LogP contribution in [-0.2, 0) is 6.54 Å². The SMILES string of the molecule is Cc1ccn(CCCN)c(=O)c1.Cl. The van der Waals surface area contributed by atoms with Crippen LogP contribution in [0.15, 0.2) is 23.1 Å². The number of nitrogens with zero attached hydrogens (tertiary/aromatic N) is 1. The van der Waals surface area contributed by atoms with Gasteiger partial charge >= 0.3 is 0 Å². The molecule has 0 saturated carbocycles. The van der Waals surface area contributed by atoms with E-state index in [4.69, 9.17) is 5.73 Å². The first-order chi connectivity index (χ1) is 5.74. The van der Waals surface area contributed by atoms with Crippen LogP contribution in [0.1, 0.15) is 12.0 Å². The lowest BCUT2D eigenvalue weighted by molar-refractivity contribution is 0.629. The summed E-state index contributed by atoms with van der Waals surface area (Å²) in [5.41, 5.74) is 6.40. The number of pyridine rings is 1. The van der Waals surface area contributed by atoms with E-state index >= 15 is 0 Å². The summed E-state index contributed by atoms with van der Waals surface area (Å²) in [7, 11) is 0. The lowest BCUT2D eigenvalue weighted by atomic mass is 10.3. The van der Waals surface area contributed by atoms with Crippen LogP contribution in [0.5, 0.6) is 0 Å². The van der Waals surface area contributed by atoms with E-state index < -0.39 is 0 Å². The van der Waals surface area contributed by atoms with E-state index in [0.29, 0.717) is 6.54 Å². The maximum absolute atomic E-state index is 11.3. The highest BCUT2D eigenvalue weighted by atomic mass is 35.5. The molecule has 0 aromatic carbocycles. The zero-order chi connectivity index (χ0) is 8.97. The van der Waals surface area contributed by atoms with Crippen LogP contribution in [0.3, 0.4) is 0 Å². The monoisotopic (exact) mass is 202 g/mol. The average Bonchev–Trinajstić information content (AvgIpc) is 2.03. The molecule has 0 radical (unpaired) electrons. The molecule has 0 spiro atoms. The van der Waals surface area contributed by atoms with Crippen LogP contribution < -0.4 is 11.3 Å². The van der Waals surface area contributed by atoms with Gasteiger partial charge < -0.3 is 10.3 Å². The van der Waals surface area contributed by atoms with Gasteiger partial charge in [0.25, 0.3) is 5.56 Å². The van der Waals surface area contributed by atoms with Gasteiger partial charge in [0.05, 0.1) is 0 Å². The molecule has 0 aliphatic heterocycles. The Hall–Kier alpha value is -0.800. The van der Waals surface area contributed by atoms with Crippen molar-refractivity contribution in [2.45, 2.75) is 19.9 Å². The Morgan fingerprint density at radius 1 is 1.54 bits per heavy atom. The maximum Gasteiger partial charge on any atom is 0.250 e. The molecular weight excluding hydrogens is 188 g/mol. The second-order valence-electron chi connectivity index (χ2n) is 2.88. The molecule has 13 heavy (non-hydrogen) atoms. The Kier molecular flexibility index (Phi) is 5.42. The molecule has 3 nitrogen and oxygen atoms in total. The predicted molar refractivity (Wildman–Crippen MR) is 56.4 cm³/mol. The number of rotatable bonds is 3. The van der Waals surface area contributed by atoms with Crippen LogP contribution >= 0.6 is 12.4 Å². The van der Waals surface area contributed by atoms with Gasteiger partial charge in [-0.3, -0.25) is 4.79 Å². The van der Waals surface area contributed by atoms with Gasteiger partial charge in [0, 0.05) is 18.8 Å². The number of halogens is 1. The van der Waals surface area contributed by atoms with Crippen molar-refractivity contribution < 1.29 is 0 Å². The van der Waals surface area contributed by atoms with E-state index in [1.54, 1.807) is 10.6 Å². The van der Waals surface area contributed by atoms with Gasteiger partial charge in [-0.25, -0.2) is 0 Å². The van der Waals surface area contributed by atoms with E-state index in [2.05, 4.69) is 0 Å². The minimum atomic E-state index is 0. The third-order valence-electron chi connectivity index (χ3n) is 1.75. The second kappa shape index (κ2) is 5.78. The summed E-state index contributed by atoms with van der Waals surface area (Å²) in [6.07, 6.45) is 2.66. The fourth-order valence-corrected chi connectivity index (χ4v) is 1.05. The summed E-state index contributed by atoms with van der Waals surface area (Å²) in [4.78, 5) is 11.3. The summed E-state index contributed by atoms with van der Waals surface area (Å²) in [6.45, 7) is 3.25. The Balaban J connectivity index is 0.00000144. The molecule has 0 unspecified atom stereocenters. The molecule has 0 bridgehead atoms. The van der Waals surface area contributed by atoms with Crippen LogP contribution in [0.4, 0.5) is 0 Å². The molecule has 2 N–H and O–H groups in total. The van der Waals surface area contributed by atoms with Gasteiger partial charge in [0.15, 0.2) is 0 Å². The van der Waals surface area contributed by atoms with Crippen molar-refractivity contribution in [2.24, 2.45) is 5.73 Å². The molecule has 74 valence electrons. The third-order valence-corrected chi connectivity index (χ3v) is 1.75. The highest BCUT2D eigenvalue weighted by molar-refractivity contribution is 5.85. The molecule has 1 aromatic rings. The van der Waals surface area contributed by atoms with Crippen LogP contribution in [0.2, 0.25) is 0 Å². The van der Waals surface area contributed by atoms with Crippen molar-refractivity contribution in [3.8, 4) is 0 Å². The van der Waals surface area contributed by atoms with Crippen molar-refractivity contribution in [2.75, 3.05) is 6.54 Å². The highest BCUT2D eigenvalue weighted by Gasteiger charge is 1.93. The first-order valence-electron chi connectivity index (χ1n) is 4.11. The number of hydrogen-bond acceptors (Lipinski definition) is 2. The third kappa shape index (κ3) is 3.61. The lowest BCUT2D eigenvalue weighted by Crippen LogP contribution is -2.20. The molecule has 1 heterocycles. The number of hydrogen-bond donors (Lipinski definition) is 1. The molecule has 4 heteroatoms. The van der Waals surface area contributed by atoms with E-state index in [1.165, 1.54) is 0 Å². The zero-order valence-electron chi connectivity index (χ0n) is 7.69. The quantitative estimate of drug-likeness (QED) is 0.793. The Morgan fingerprint density at radius 2 is 2.23 bits per heavy atom. The van der Waals surface area contributed by atoms with Crippen molar-refractivity contribution in [1.29, 1.82) is 0 Å². The summed E-state index contributed by atoms with van der Waals surface area (Å²) >= 11 is 0. The summed E-state index contributed by atoms with van der Waals surface area (Å²) in [6, 6.07) is 3.56. The van der Waals surface area contributed by atoms with Crippen LogP contribution in [-0.4, -0.2) is 11.1 Å². The number of aryl methyl sites for hydroxylation is 2. The lowest BCUT2D eigenvalue weighted by Gasteiger charge is -2.03. The van der Waals surface area contributed by atoms with Gasteiger partial charge in [0.2, 0.25) is 0 Å². The van der Waals surface area contributed by atoms with Crippen molar-refractivity contribution in [3.63, 3.8) is 0 Å². The fourth-order valence-electron chi connectivity index (χ4n) is 1.05. The molecule has 0 aliphatic rings. The average molecular weight is 203 g/mol. The van der Waals surface area contributed by atoms with Gasteiger partial charge in [-0.15, -0.1) is 12.4 Å². The summed E-state index contributed by atoms with van der Waals surface area (Å²) in [5.74, 6) is 0. The zero-order valence-corrected chi connectivity index (χ0v) is 8.51. The number of aromatic nitrogens is 1. The van der Waals surface area contributed by atoms with Crippen LogP contribution in [0, 0.1) is 6.92 Å². The van der Waals surface area contributed by atoms with E-state index in [-0.39, 0.29) is 18.0 Å². The Morgan fingerprint density at radius 3 is 2.77 bits per heavy atom. The van der Waals surface area contributed by atoms with Gasteiger partial charge in [-0.05, 0) is 31.5 Å². The second-order valence-corrected chi connectivity index (χ2v) is 2.88. The smallest absolute Gasteiger partial charge is 0.250 e. The Labute approximate surface area is 84.0 Å². The van der Waals surface area contributed by atoms with Crippen molar-refractivity contribution >= 4 is 12.4 Å². The van der Waals surface area contributed by atoms with E-state index in [9.17, 15) is 4.79 Å². The van der Waals surface area contributed by atoms with E-state index in [1.807, 2.05) is 19.2 Å². The fraction of sp³-hybridized carbons (Fsp3) is 0.444. The standard InChI is InChI=1S/C9H14N2O.ClH/c1-8-3-6-11(5-2-4-10)9(12)7-8;/h3,6-7H,2,4-5,10H2,1H3;1H. The molecule has 0 fully saturated rings. The molecule has 1 aromatic heterocycles. The summed E-state index contributed by atoms with van der Waals surface area (Å²) < 4.78 is 1.68. The van der Waals surface area contributed by atoms with Crippen molar-refractivity contribution in [1.82, 2.24) is 4.57 Å². The first kappa shape index (κ1) is 12.2. The van der Waals surface area contributed by atoms with Crippen molar-refractivity contribution in [3.05, 3.63) is 34.2 Å². The normalized spacial score (nSPS) is 9.38. The maximum atomic E-state index is 11.3. The van der Waals surface area contributed by atoms with Gasteiger partial charge in [-0.2, -0.15) is 0 Å². The molecule has 0 atom stereocenters. The molecule has 1 rings (SSSR count). The molecule has 0 saturated heterocycles. The largest absolute Gasteiger partial charge is 0.330 e. The number of nitrogens with two attached hydrogens (primary N) is 1.